The Balaban J connectivity index is 2.28. The lowest BCUT2D eigenvalue weighted by atomic mass is 9.82. The molecule has 0 heterocycles. The Labute approximate surface area is 118 Å². The molecule has 2 unspecified atom stereocenters. The number of hydrogen-bond acceptors (Lipinski definition) is 3. The van der Waals surface area contributed by atoms with Gasteiger partial charge in [-0.2, -0.15) is 0 Å². The molecular formula is C15H21FN2O2. The Morgan fingerprint density at radius 1 is 1.45 bits per heavy atom. The highest BCUT2D eigenvalue weighted by Gasteiger charge is 2.26. The number of benzene rings is 1. The van der Waals surface area contributed by atoms with Gasteiger partial charge in [-0.25, -0.2) is 9.18 Å². The fraction of sp³-hybridized carbons (Fsp3) is 0.533. The Morgan fingerprint density at radius 2 is 2.15 bits per heavy atom. The number of anilines is 2. The molecule has 0 radical (unpaired) electrons. The molecule has 1 saturated carbocycles. The van der Waals surface area contributed by atoms with Crippen LogP contribution < -0.4 is 11.1 Å². The largest absolute Gasteiger partial charge is 0.478 e. The predicted octanol–water partition coefficient (Wildman–Crippen LogP) is 3.49. The third kappa shape index (κ3) is 2.86. The van der Waals surface area contributed by atoms with Gasteiger partial charge in [0.05, 0.1) is 11.4 Å². The Bertz CT molecular complexity index is 505. The molecule has 4 nitrogen and oxygen atoms in total. The fourth-order valence-corrected chi connectivity index (χ4v) is 3.03. The van der Waals surface area contributed by atoms with E-state index in [1.54, 1.807) is 0 Å². The van der Waals surface area contributed by atoms with Gasteiger partial charge in [0.1, 0.15) is 11.4 Å². The standard InChI is InChI=1S/C15H21FN2O2/c1-2-9-5-3-4-6-11(9)18-12-8-7-10(16)14(17)13(12)15(19)20/h7-9,11,18H,2-6,17H2,1H3,(H,19,20). The molecule has 1 aromatic rings. The summed E-state index contributed by atoms with van der Waals surface area (Å²) >= 11 is 0. The van der Waals surface area contributed by atoms with Gasteiger partial charge in [-0.1, -0.05) is 26.2 Å². The Kier molecular flexibility index (Phi) is 4.47. The van der Waals surface area contributed by atoms with E-state index in [-0.39, 0.29) is 17.3 Å². The maximum atomic E-state index is 13.4. The van der Waals surface area contributed by atoms with Crippen LogP contribution in [-0.2, 0) is 0 Å². The van der Waals surface area contributed by atoms with E-state index in [1.807, 2.05) is 0 Å². The first kappa shape index (κ1) is 14.6. The molecule has 0 saturated heterocycles. The van der Waals surface area contributed by atoms with Gasteiger partial charge in [0.25, 0.3) is 0 Å². The maximum absolute atomic E-state index is 13.4. The van der Waals surface area contributed by atoms with Crippen molar-refractivity contribution < 1.29 is 14.3 Å². The number of aromatic carboxylic acids is 1. The summed E-state index contributed by atoms with van der Waals surface area (Å²) in [7, 11) is 0. The molecule has 1 aliphatic rings. The van der Waals surface area contributed by atoms with Crippen molar-refractivity contribution in [2.45, 2.75) is 45.1 Å². The van der Waals surface area contributed by atoms with Crippen LogP contribution in [0.1, 0.15) is 49.4 Å². The lowest BCUT2D eigenvalue weighted by Gasteiger charge is -2.32. The summed E-state index contributed by atoms with van der Waals surface area (Å²) in [4.78, 5) is 11.3. The zero-order chi connectivity index (χ0) is 14.7. The van der Waals surface area contributed by atoms with Crippen molar-refractivity contribution in [2.75, 3.05) is 11.1 Å². The van der Waals surface area contributed by atoms with Crippen LogP contribution in [0.3, 0.4) is 0 Å². The van der Waals surface area contributed by atoms with Gasteiger partial charge < -0.3 is 16.2 Å². The maximum Gasteiger partial charge on any atom is 0.340 e. The predicted molar refractivity (Wildman–Crippen MR) is 77.4 cm³/mol. The van der Waals surface area contributed by atoms with Crippen molar-refractivity contribution >= 4 is 17.3 Å². The van der Waals surface area contributed by atoms with Gasteiger partial charge >= 0.3 is 5.97 Å². The SMILES string of the molecule is CCC1CCCCC1Nc1ccc(F)c(N)c1C(=O)O. The smallest absolute Gasteiger partial charge is 0.340 e. The number of carbonyl (C=O) groups is 1. The van der Waals surface area contributed by atoms with Crippen LogP contribution >= 0.6 is 0 Å². The summed E-state index contributed by atoms with van der Waals surface area (Å²) in [5, 5.41) is 12.5. The monoisotopic (exact) mass is 280 g/mol. The van der Waals surface area contributed by atoms with Crippen LogP contribution in [0.5, 0.6) is 0 Å². The van der Waals surface area contributed by atoms with Crippen molar-refractivity contribution in [3.05, 3.63) is 23.5 Å². The third-order valence-corrected chi connectivity index (χ3v) is 4.18. The van der Waals surface area contributed by atoms with Crippen LogP contribution in [0.15, 0.2) is 12.1 Å². The summed E-state index contributed by atoms with van der Waals surface area (Å²) in [5.74, 6) is -1.37. The molecule has 0 aliphatic heterocycles. The third-order valence-electron chi connectivity index (χ3n) is 4.18. The highest BCUT2D eigenvalue weighted by Crippen LogP contribution is 2.32. The Morgan fingerprint density at radius 3 is 2.80 bits per heavy atom. The van der Waals surface area contributed by atoms with Gasteiger partial charge in [-0.3, -0.25) is 0 Å². The number of nitrogen functional groups attached to an aromatic ring is 1. The van der Waals surface area contributed by atoms with Crippen molar-refractivity contribution in [3.63, 3.8) is 0 Å². The summed E-state index contributed by atoms with van der Waals surface area (Å²) in [6.07, 6.45) is 5.56. The molecule has 1 aliphatic carbocycles. The average Bonchev–Trinajstić information content (AvgIpc) is 2.43. The van der Waals surface area contributed by atoms with E-state index in [0.29, 0.717) is 11.6 Å². The second kappa shape index (κ2) is 6.11. The van der Waals surface area contributed by atoms with Crippen LogP contribution in [0.4, 0.5) is 15.8 Å². The molecule has 2 atom stereocenters. The van der Waals surface area contributed by atoms with Crippen molar-refractivity contribution in [1.82, 2.24) is 0 Å². The molecular weight excluding hydrogens is 259 g/mol. The number of carboxylic acids is 1. The second-order valence-corrected chi connectivity index (χ2v) is 5.39. The first-order chi connectivity index (χ1) is 9.54. The molecule has 2 rings (SSSR count). The van der Waals surface area contributed by atoms with E-state index >= 15 is 0 Å². The fourth-order valence-electron chi connectivity index (χ4n) is 3.03. The lowest BCUT2D eigenvalue weighted by Crippen LogP contribution is -2.32. The van der Waals surface area contributed by atoms with E-state index in [2.05, 4.69) is 12.2 Å². The number of rotatable bonds is 4. The number of carboxylic acid groups (broad SMARTS) is 1. The van der Waals surface area contributed by atoms with E-state index < -0.39 is 11.8 Å². The quantitative estimate of drug-likeness (QED) is 0.738. The van der Waals surface area contributed by atoms with E-state index in [4.69, 9.17) is 5.73 Å². The molecule has 20 heavy (non-hydrogen) atoms. The van der Waals surface area contributed by atoms with Crippen LogP contribution in [0, 0.1) is 11.7 Å². The van der Waals surface area contributed by atoms with Crippen LogP contribution in [-0.4, -0.2) is 17.1 Å². The molecule has 110 valence electrons. The topological polar surface area (TPSA) is 75.3 Å². The number of hydrogen-bond donors (Lipinski definition) is 3. The highest BCUT2D eigenvalue weighted by atomic mass is 19.1. The molecule has 0 amide bonds. The Hall–Kier alpha value is -1.78. The first-order valence-electron chi connectivity index (χ1n) is 7.12. The van der Waals surface area contributed by atoms with Gasteiger partial charge in [-0.05, 0) is 30.9 Å². The molecule has 0 spiro atoms. The highest BCUT2D eigenvalue weighted by molar-refractivity contribution is 6.00. The normalized spacial score (nSPS) is 22.5. The van der Waals surface area contributed by atoms with Gasteiger partial charge in [0.15, 0.2) is 0 Å². The minimum atomic E-state index is -1.20. The summed E-state index contributed by atoms with van der Waals surface area (Å²) in [6, 6.07) is 2.92. The van der Waals surface area contributed by atoms with Crippen LogP contribution in [0.2, 0.25) is 0 Å². The molecule has 1 aromatic carbocycles. The number of nitrogens with two attached hydrogens (primary N) is 1. The van der Waals surface area contributed by atoms with E-state index in [9.17, 15) is 14.3 Å². The van der Waals surface area contributed by atoms with E-state index in [1.165, 1.54) is 18.6 Å². The van der Waals surface area contributed by atoms with Crippen molar-refractivity contribution in [3.8, 4) is 0 Å². The number of nitrogens with one attached hydrogen (secondary N) is 1. The average molecular weight is 280 g/mol. The summed E-state index contributed by atoms with van der Waals surface area (Å²) < 4.78 is 13.4. The molecule has 5 heteroatoms. The minimum absolute atomic E-state index is 0.162. The second-order valence-electron chi connectivity index (χ2n) is 5.39. The summed E-state index contributed by atoms with van der Waals surface area (Å²) in [5.41, 5.74) is 5.52. The lowest BCUT2D eigenvalue weighted by molar-refractivity contribution is 0.0698. The molecule has 1 fully saturated rings. The zero-order valence-corrected chi connectivity index (χ0v) is 11.7. The van der Waals surface area contributed by atoms with Crippen molar-refractivity contribution in [2.24, 2.45) is 5.92 Å². The molecule has 4 N–H and O–H groups in total. The van der Waals surface area contributed by atoms with Crippen molar-refractivity contribution in [1.29, 1.82) is 0 Å². The van der Waals surface area contributed by atoms with Gasteiger partial charge in [-0.15, -0.1) is 0 Å². The molecule has 0 aromatic heterocycles. The zero-order valence-electron chi connectivity index (χ0n) is 11.7. The molecule has 0 bridgehead atoms. The van der Waals surface area contributed by atoms with Crippen LogP contribution in [0.25, 0.3) is 0 Å². The first-order valence-corrected chi connectivity index (χ1v) is 7.12. The van der Waals surface area contributed by atoms with Gasteiger partial charge in [0.2, 0.25) is 0 Å². The summed E-state index contributed by atoms with van der Waals surface area (Å²) in [6.45, 7) is 2.14. The van der Waals surface area contributed by atoms with Gasteiger partial charge in [0, 0.05) is 6.04 Å². The number of halogens is 1. The van der Waals surface area contributed by atoms with E-state index in [0.717, 1.165) is 25.7 Å². The minimum Gasteiger partial charge on any atom is -0.478 e.